The van der Waals surface area contributed by atoms with Gasteiger partial charge in [0.25, 0.3) is 10.1 Å². The number of carbonyl (C=O) groups excluding carboxylic acids is 1. The van der Waals surface area contributed by atoms with E-state index in [1.54, 1.807) is 0 Å². The lowest BCUT2D eigenvalue weighted by molar-refractivity contribution is -0.153. The van der Waals surface area contributed by atoms with Crippen molar-refractivity contribution < 1.29 is 22.1 Å². The predicted molar refractivity (Wildman–Crippen MR) is 89.6 cm³/mol. The molecule has 0 spiro atoms. The van der Waals surface area contributed by atoms with Crippen LogP contribution in [0.25, 0.3) is 0 Å². The third-order valence-corrected chi connectivity index (χ3v) is 4.47. The Labute approximate surface area is 140 Å². The number of carbonyl (C=O) groups is 1. The highest BCUT2D eigenvalue weighted by Gasteiger charge is 2.22. The number of rotatable bonds is 8. The quantitative estimate of drug-likeness (QED) is 0.410. The van der Waals surface area contributed by atoms with Crippen LogP contribution in [0.4, 0.5) is 0 Å². The van der Waals surface area contributed by atoms with Crippen LogP contribution in [0.5, 0.6) is 0 Å². The van der Waals surface area contributed by atoms with Crippen molar-refractivity contribution in [3.63, 3.8) is 0 Å². The largest absolute Gasteiger partial charge is 0.459 e. The average Bonchev–Trinajstić information content (AvgIpc) is 2.40. The van der Waals surface area contributed by atoms with Gasteiger partial charge in [0.1, 0.15) is 5.60 Å². The zero-order valence-corrected chi connectivity index (χ0v) is 15.6. The molecule has 0 bridgehead atoms. The molecule has 6 nitrogen and oxygen atoms in total. The summed E-state index contributed by atoms with van der Waals surface area (Å²) in [4.78, 5) is 11.6. The van der Waals surface area contributed by atoms with Gasteiger partial charge in [-0.1, -0.05) is 12.8 Å². The first-order valence-corrected chi connectivity index (χ1v) is 10.1. The first-order valence-electron chi connectivity index (χ1n) is 8.32. The molecule has 136 valence electrons. The van der Waals surface area contributed by atoms with Crippen LogP contribution in [0.15, 0.2) is 0 Å². The fourth-order valence-electron chi connectivity index (χ4n) is 2.78. The van der Waals surface area contributed by atoms with Gasteiger partial charge in [-0.15, -0.1) is 0 Å². The summed E-state index contributed by atoms with van der Waals surface area (Å²) in [6.07, 6.45) is 6.31. The first kappa shape index (κ1) is 20.4. The van der Waals surface area contributed by atoms with E-state index in [0.29, 0.717) is 18.4 Å². The standard InChI is InChI=1S/C16H31NO5S/c1-16(2,3)22-15(18)11-17-10-9-13-5-7-14(8-6-13)12-21-23(4,19)20/h13-14,17H,5-12H2,1-4H3/t13-,14-. The summed E-state index contributed by atoms with van der Waals surface area (Å²) >= 11 is 0. The second-order valence-corrected chi connectivity index (χ2v) is 9.07. The van der Waals surface area contributed by atoms with E-state index in [-0.39, 0.29) is 12.5 Å². The molecule has 1 saturated carbocycles. The van der Waals surface area contributed by atoms with Gasteiger partial charge in [0.2, 0.25) is 0 Å². The smallest absolute Gasteiger partial charge is 0.320 e. The second kappa shape index (κ2) is 8.99. The van der Waals surface area contributed by atoms with Crippen molar-refractivity contribution in [1.29, 1.82) is 0 Å². The highest BCUT2D eigenvalue weighted by Crippen LogP contribution is 2.30. The Bertz CT molecular complexity index is 461. The third kappa shape index (κ3) is 10.7. The van der Waals surface area contributed by atoms with Crippen LogP contribution < -0.4 is 5.32 Å². The van der Waals surface area contributed by atoms with Crippen molar-refractivity contribution >= 4 is 16.1 Å². The van der Waals surface area contributed by atoms with E-state index >= 15 is 0 Å². The second-order valence-electron chi connectivity index (χ2n) is 7.43. The molecule has 1 rings (SSSR count). The van der Waals surface area contributed by atoms with Crippen LogP contribution in [-0.2, 0) is 23.8 Å². The maximum Gasteiger partial charge on any atom is 0.320 e. The van der Waals surface area contributed by atoms with E-state index in [9.17, 15) is 13.2 Å². The summed E-state index contributed by atoms with van der Waals surface area (Å²) in [5.74, 6) is 0.755. The summed E-state index contributed by atoms with van der Waals surface area (Å²) in [6.45, 7) is 6.93. The fraction of sp³-hybridized carbons (Fsp3) is 0.938. The van der Waals surface area contributed by atoms with Crippen LogP contribution >= 0.6 is 0 Å². The molecule has 0 heterocycles. The number of nitrogens with one attached hydrogen (secondary N) is 1. The first-order chi connectivity index (χ1) is 10.6. The molecule has 7 heteroatoms. The number of hydrogen-bond donors (Lipinski definition) is 1. The van der Waals surface area contributed by atoms with Crippen molar-refractivity contribution in [2.75, 3.05) is 26.0 Å². The molecule has 0 saturated heterocycles. The van der Waals surface area contributed by atoms with E-state index in [1.807, 2.05) is 20.8 Å². The Balaban J connectivity index is 2.09. The molecule has 0 aromatic heterocycles. The van der Waals surface area contributed by atoms with Crippen LogP contribution in [0.2, 0.25) is 0 Å². The van der Waals surface area contributed by atoms with Crippen LogP contribution in [-0.4, -0.2) is 45.9 Å². The highest BCUT2D eigenvalue weighted by molar-refractivity contribution is 7.85. The Morgan fingerprint density at radius 2 is 1.70 bits per heavy atom. The number of ether oxygens (including phenoxy) is 1. The molecule has 1 aliphatic carbocycles. The molecule has 1 aliphatic rings. The lowest BCUT2D eigenvalue weighted by atomic mass is 9.81. The molecule has 0 aromatic rings. The Morgan fingerprint density at radius 1 is 1.13 bits per heavy atom. The van der Waals surface area contributed by atoms with Gasteiger partial charge in [0.15, 0.2) is 0 Å². The SMILES string of the molecule is CC(C)(C)OC(=O)CNCC[C@H]1CC[C@H](COS(C)(=O)=O)CC1. The fourth-order valence-corrected chi connectivity index (χ4v) is 3.22. The molecule has 0 amide bonds. The third-order valence-electron chi connectivity index (χ3n) is 3.90. The molecule has 0 unspecified atom stereocenters. The molecule has 0 radical (unpaired) electrons. The van der Waals surface area contributed by atoms with Gasteiger partial charge in [-0.25, -0.2) is 0 Å². The van der Waals surface area contributed by atoms with Gasteiger partial charge in [0.05, 0.1) is 19.4 Å². The average molecular weight is 349 g/mol. The van der Waals surface area contributed by atoms with Gasteiger partial charge >= 0.3 is 5.97 Å². The monoisotopic (exact) mass is 349 g/mol. The highest BCUT2D eigenvalue weighted by atomic mass is 32.2. The lowest BCUT2D eigenvalue weighted by Crippen LogP contribution is -2.32. The predicted octanol–water partition coefficient (Wildman–Crippen LogP) is 2.09. The van der Waals surface area contributed by atoms with Crippen LogP contribution in [0.3, 0.4) is 0 Å². The Kier molecular flexibility index (Phi) is 7.97. The number of esters is 1. The minimum Gasteiger partial charge on any atom is -0.459 e. The zero-order chi connectivity index (χ0) is 17.5. The molecule has 0 atom stereocenters. The summed E-state index contributed by atoms with van der Waals surface area (Å²) in [5, 5.41) is 3.13. The Hall–Kier alpha value is -0.660. The minimum atomic E-state index is -3.33. The maximum atomic E-state index is 11.6. The van der Waals surface area contributed by atoms with Crippen molar-refractivity contribution in [3.05, 3.63) is 0 Å². The van der Waals surface area contributed by atoms with Crippen molar-refractivity contribution in [2.45, 2.75) is 58.5 Å². The van der Waals surface area contributed by atoms with Crippen molar-refractivity contribution in [3.8, 4) is 0 Å². The van der Waals surface area contributed by atoms with E-state index in [2.05, 4.69) is 5.32 Å². The van der Waals surface area contributed by atoms with Gasteiger partial charge < -0.3 is 10.1 Å². The van der Waals surface area contributed by atoms with E-state index in [4.69, 9.17) is 8.92 Å². The van der Waals surface area contributed by atoms with Gasteiger partial charge in [-0.3, -0.25) is 8.98 Å². The maximum absolute atomic E-state index is 11.6. The van der Waals surface area contributed by atoms with E-state index in [1.165, 1.54) is 0 Å². The van der Waals surface area contributed by atoms with Crippen LogP contribution in [0.1, 0.15) is 52.9 Å². The Morgan fingerprint density at radius 3 is 2.22 bits per heavy atom. The van der Waals surface area contributed by atoms with E-state index in [0.717, 1.165) is 44.9 Å². The summed E-state index contributed by atoms with van der Waals surface area (Å²) in [5.41, 5.74) is -0.439. The molecular weight excluding hydrogens is 318 g/mol. The molecular formula is C16H31NO5S. The summed E-state index contributed by atoms with van der Waals surface area (Å²) in [6, 6.07) is 0. The van der Waals surface area contributed by atoms with Crippen molar-refractivity contribution in [2.24, 2.45) is 11.8 Å². The summed E-state index contributed by atoms with van der Waals surface area (Å²) < 4.78 is 32.1. The molecule has 1 N–H and O–H groups in total. The van der Waals surface area contributed by atoms with Gasteiger partial charge in [0, 0.05) is 0 Å². The molecule has 0 aliphatic heterocycles. The number of hydrogen-bond acceptors (Lipinski definition) is 6. The van der Waals surface area contributed by atoms with E-state index < -0.39 is 15.7 Å². The molecule has 23 heavy (non-hydrogen) atoms. The normalized spacial score (nSPS) is 22.8. The van der Waals surface area contributed by atoms with Crippen molar-refractivity contribution in [1.82, 2.24) is 5.32 Å². The van der Waals surface area contributed by atoms with Crippen LogP contribution in [0, 0.1) is 11.8 Å². The van der Waals surface area contributed by atoms with Gasteiger partial charge in [-0.2, -0.15) is 8.42 Å². The minimum absolute atomic E-state index is 0.223. The zero-order valence-electron chi connectivity index (χ0n) is 14.8. The lowest BCUT2D eigenvalue weighted by Gasteiger charge is -2.28. The molecule has 0 aromatic carbocycles. The topological polar surface area (TPSA) is 81.7 Å². The van der Waals surface area contributed by atoms with Gasteiger partial charge in [-0.05, 0) is 58.4 Å². The molecule has 1 fully saturated rings. The summed E-state index contributed by atoms with van der Waals surface area (Å²) in [7, 11) is -3.33.